The minimum atomic E-state index is -0.913. The van der Waals surface area contributed by atoms with Gasteiger partial charge in [0.05, 0.1) is 11.8 Å². The van der Waals surface area contributed by atoms with E-state index in [4.69, 9.17) is 5.11 Å². The van der Waals surface area contributed by atoms with Crippen molar-refractivity contribution in [2.75, 3.05) is 5.32 Å². The maximum atomic E-state index is 11.8. The quantitative estimate of drug-likeness (QED) is 0.837. The fourth-order valence-corrected chi connectivity index (χ4v) is 2.59. The number of amides is 1. The van der Waals surface area contributed by atoms with E-state index in [0.29, 0.717) is 5.13 Å². The van der Waals surface area contributed by atoms with E-state index in [1.807, 2.05) is 0 Å². The third-order valence-corrected chi connectivity index (χ3v) is 3.73. The lowest BCUT2D eigenvalue weighted by atomic mass is 10.1. The normalized spacial score (nSPS) is 26.1. The minimum absolute atomic E-state index is 0.257. The Morgan fingerprint density at radius 3 is 2.62 bits per heavy atom. The number of carboxylic acids is 1. The number of nitrogens with zero attached hydrogens (tertiary/aromatic N) is 1. The highest BCUT2D eigenvalue weighted by Crippen LogP contribution is 2.58. The van der Waals surface area contributed by atoms with Gasteiger partial charge in [-0.15, -0.1) is 11.3 Å². The molecule has 0 spiro atoms. The molecule has 1 aliphatic rings. The van der Waals surface area contributed by atoms with Crippen molar-refractivity contribution in [3.63, 3.8) is 0 Å². The molecule has 2 N–H and O–H groups in total. The maximum absolute atomic E-state index is 11.8. The van der Waals surface area contributed by atoms with E-state index in [1.54, 1.807) is 25.4 Å². The second-order valence-corrected chi connectivity index (χ2v) is 5.34. The van der Waals surface area contributed by atoms with Crippen molar-refractivity contribution < 1.29 is 14.7 Å². The molecule has 0 aromatic carbocycles. The molecule has 0 unspecified atom stereocenters. The summed E-state index contributed by atoms with van der Waals surface area (Å²) in [4.78, 5) is 26.6. The average Bonchev–Trinajstić information content (AvgIpc) is 2.58. The minimum Gasteiger partial charge on any atom is -0.481 e. The molecule has 0 radical (unpaired) electrons. The zero-order valence-electron chi connectivity index (χ0n) is 8.93. The Kier molecular flexibility index (Phi) is 2.46. The summed E-state index contributed by atoms with van der Waals surface area (Å²) in [5.41, 5.74) is -0.465. The highest BCUT2D eigenvalue weighted by Gasteiger charge is 2.65. The van der Waals surface area contributed by atoms with Gasteiger partial charge >= 0.3 is 5.97 Å². The molecule has 1 saturated carbocycles. The first-order chi connectivity index (χ1) is 7.44. The number of carbonyl (C=O) groups excluding carboxylic acids is 1. The number of aliphatic carboxylic acids is 1. The molecule has 2 rings (SSSR count). The molecule has 1 fully saturated rings. The number of thiazole rings is 1. The molecule has 0 saturated heterocycles. The molecule has 1 aromatic heterocycles. The second-order valence-electron chi connectivity index (χ2n) is 4.44. The van der Waals surface area contributed by atoms with Gasteiger partial charge in [-0.1, -0.05) is 13.8 Å². The number of aromatic nitrogens is 1. The third-order valence-electron chi connectivity index (χ3n) is 3.04. The predicted octanol–water partition coefficient (Wildman–Crippen LogP) is 1.44. The molecule has 1 amide bonds. The number of nitrogens with one attached hydrogen (secondary N) is 1. The topological polar surface area (TPSA) is 79.3 Å². The van der Waals surface area contributed by atoms with Crippen molar-refractivity contribution in [3.05, 3.63) is 11.6 Å². The highest BCUT2D eigenvalue weighted by atomic mass is 32.1. The number of hydrogen-bond donors (Lipinski definition) is 2. The predicted molar refractivity (Wildman–Crippen MR) is 59.1 cm³/mol. The van der Waals surface area contributed by atoms with Crippen molar-refractivity contribution in [1.82, 2.24) is 4.98 Å². The molecular weight excluding hydrogens is 228 g/mol. The Labute approximate surface area is 96.5 Å². The van der Waals surface area contributed by atoms with Gasteiger partial charge in [-0.25, -0.2) is 4.98 Å². The molecule has 0 bridgehead atoms. The molecule has 5 nitrogen and oxygen atoms in total. The third kappa shape index (κ3) is 1.69. The van der Waals surface area contributed by atoms with Gasteiger partial charge < -0.3 is 10.4 Å². The molecule has 1 aromatic rings. The number of anilines is 1. The van der Waals surface area contributed by atoms with Crippen LogP contribution in [0.25, 0.3) is 0 Å². The summed E-state index contributed by atoms with van der Waals surface area (Å²) in [6.45, 7) is 3.58. The Morgan fingerprint density at radius 2 is 2.19 bits per heavy atom. The van der Waals surface area contributed by atoms with Gasteiger partial charge in [0.15, 0.2) is 5.13 Å². The van der Waals surface area contributed by atoms with Crippen LogP contribution in [0.1, 0.15) is 13.8 Å². The molecule has 86 valence electrons. The van der Waals surface area contributed by atoms with Crippen LogP contribution in [0, 0.1) is 17.3 Å². The molecule has 2 atom stereocenters. The van der Waals surface area contributed by atoms with Crippen molar-refractivity contribution in [1.29, 1.82) is 0 Å². The van der Waals surface area contributed by atoms with Crippen molar-refractivity contribution in [2.45, 2.75) is 13.8 Å². The largest absolute Gasteiger partial charge is 0.481 e. The van der Waals surface area contributed by atoms with Crippen LogP contribution in [-0.2, 0) is 9.59 Å². The lowest BCUT2D eigenvalue weighted by molar-refractivity contribution is -0.140. The van der Waals surface area contributed by atoms with E-state index < -0.39 is 23.2 Å². The summed E-state index contributed by atoms with van der Waals surface area (Å²) in [5.74, 6) is -2.22. The smallest absolute Gasteiger partial charge is 0.307 e. The summed E-state index contributed by atoms with van der Waals surface area (Å²) in [6.07, 6.45) is 1.59. The van der Waals surface area contributed by atoms with E-state index in [-0.39, 0.29) is 5.91 Å². The first-order valence-corrected chi connectivity index (χ1v) is 5.75. The SMILES string of the molecule is CC1(C)[C@H](C(=O)O)[C@@H]1C(=O)Nc1nccs1. The summed E-state index contributed by atoms with van der Waals surface area (Å²) < 4.78 is 0. The van der Waals surface area contributed by atoms with E-state index >= 15 is 0 Å². The van der Waals surface area contributed by atoms with Crippen LogP contribution in [0.4, 0.5) is 5.13 Å². The molecule has 6 heteroatoms. The number of carbonyl (C=O) groups is 2. The lowest BCUT2D eigenvalue weighted by Gasteiger charge is -2.01. The summed E-state index contributed by atoms with van der Waals surface area (Å²) in [6, 6.07) is 0. The first kappa shape index (κ1) is 11.1. The van der Waals surface area contributed by atoms with E-state index in [2.05, 4.69) is 10.3 Å². The van der Waals surface area contributed by atoms with Crippen LogP contribution in [0.2, 0.25) is 0 Å². The number of rotatable bonds is 3. The fraction of sp³-hybridized carbons (Fsp3) is 0.500. The summed E-state index contributed by atoms with van der Waals surface area (Å²) >= 11 is 1.32. The monoisotopic (exact) mass is 240 g/mol. The number of carboxylic acid groups (broad SMARTS) is 1. The average molecular weight is 240 g/mol. The molecule has 0 aliphatic heterocycles. The van der Waals surface area contributed by atoms with Gasteiger partial charge in [0.2, 0.25) is 5.91 Å². The molecule has 1 aliphatic carbocycles. The Bertz CT molecular complexity index is 427. The van der Waals surface area contributed by atoms with Crippen molar-refractivity contribution >= 4 is 28.3 Å². The van der Waals surface area contributed by atoms with Gasteiger partial charge in [-0.2, -0.15) is 0 Å². The van der Waals surface area contributed by atoms with E-state index in [1.165, 1.54) is 11.3 Å². The molecule has 1 heterocycles. The Morgan fingerprint density at radius 1 is 1.50 bits per heavy atom. The Hall–Kier alpha value is -1.43. The summed E-state index contributed by atoms with van der Waals surface area (Å²) in [7, 11) is 0. The molecular formula is C10H12N2O3S. The van der Waals surface area contributed by atoms with E-state index in [9.17, 15) is 9.59 Å². The van der Waals surface area contributed by atoms with Crippen molar-refractivity contribution in [2.24, 2.45) is 17.3 Å². The van der Waals surface area contributed by atoms with Crippen LogP contribution in [0.15, 0.2) is 11.6 Å². The van der Waals surface area contributed by atoms with Gasteiger partial charge in [0.1, 0.15) is 0 Å². The first-order valence-electron chi connectivity index (χ1n) is 4.87. The highest BCUT2D eigenvalue weighted by molar-refractivity contribution is 7.13. The van der Waals surface area contributed by atoms with E-state index in [0.717, 1.165) is 0 Å². The van der Waals surface area contributed by atoms with Crippen molar-refractivity contribution in [3.8, 4) is 0 Å². The van der Waals surface area contributed by atoms with Crippen LogP contribution in [-0.4, -0.2) is 22.0 Å². The zero-order chi connectivity index (χ0) is 11.9. The maximum Gasteiger partial charge on any atom is 0.307 e. The van der Waals surface area contributed by atoms with Crippen LogP contribution in [0.3, 0.4) is 0 Å². The van der Waals surface area contributed by atoms with Gasteiger partial charge in [-0.3, -0.25) is 9.59 Å². The van der Waals surface area contributed by atoms with Gasteiger partial charge in [-0.05, 0) is 5.41 Å². The fourth-order valence-electron chi connectivity index (χ4n) is 2.06. The zero-order valence-corrected chi connectivity index (χ0v) is 9.75. The lowest BCUT2D eigenvalue weighted by Crippen LogP contribution is -2.17. The second kappa shape index (κ2) is 3.55. The van der Waals surface area contributed by atoms with Crippen LogP contribution in [0.5, 0.6) is 0 Å². The van der Waals surface area contributed by atoms with Gasteiger partial charge in [0.25, 0.3) is 0 Å². The molecule has 16 heavy (non-hydrogen) atoms. The standard InChI is InChI=1S/C10H12N2O3S/c1-10(2)5(6(10)8(14)15)7(13)12-9-11-3-4-16-9/h3-6H,1-2H3,(H,14,15)(H,11,12,13)/t5-,6+/m1/s1. The Balaban J connectivity index is 2.05. The number of hydrogen-bond acceptors (Lipinski definition) is 4. The van der Waals surface area contributed by atoms with Crippen LogP contribution >= 0.6 is 11.3 Å². The van der Waals surface area contributed by atoms with Gasteiger partial charge in [0, 0.05) is 11.6 Å². The van der Waals surface area contributed by atoms with Crippen LogP contribution < -0.4 is 5.32 Å². The summed E-state index contributed by atoms with van der Waals surface area (Å²) in [5, 5.41) is 13.8.